The highest BCUT2D eigenvalue weighted by Crippen LogP contribution is 2.40. The molecule has 1 unspecified atom stereocenters. The van der Waals surface area contributed by atoms with Gasteiger partial charge in [0.05, 0.1) is 13.2 Å². The first kappa shape index (κ1) is 14.2. The van der Waals surface area contributed by atoms with Crippen LogP contribution in [0.1, 0.15) is 23.1 Å². The molecule has 4 rings (SSSR count). The third-order valence-electron chi connectivity index (χ3n) is 4.61. The quantitative estimate of drug-likeness (QED) is 0.853. The molecule has 2 aliphatic rings. The maximum Gasteiger partial charge on any atom is 0.162 e. The second kappa shape index (κ2) is 5.67. The Kier molecular flexibility index (Phi) is 3.50. The molecule has 0 saturated carbocycles. The molecule has 1 aliphatic heterocycles. The fourth-order valence-corrected chi connectivity index (χ4v) is 3.52. The molecule has 3 nitrogen and oxygen atoms in total. The number of benzene rings is 2. The summed E-state index contributed by atoms with van der Waals surface area (Å²) in [4.78, 5) is 11.9. The van der Waals surface area contributed by atoms with Gasteiger partial charge in [-0.15, -0.1) is 0 Å². The second-order valence-electron chi connectivity index (χ2n) is 6.01. The second-order valence-corrected chi connectivity index (χ2v) is 6.01. The standard InChI is InChI=1S/C20H18O3/c1-22-16-8-6-13(7-9-16)20-17-5-3-2-4-14(17)10-19-18(20)11-15(21)12-23-19/h2-9,19H,10-12H2,1H3. The average molecular weight is 306 g/mol. The molecule has 1 fully saturated rings. The lowest BCUT2D eigenvalue weighted by Gasteiger charge is -2.33. The van der Waals surface area contributed by atoms with Crippen molar-refractivity contribution in [3.8, 4) is 5.75 Å². The van der Waals surface area contributed by atoms with Crippen LogP contribution in [0.2, 0.25) is 0 Å². The van der Waals surface area contributed by atoms with Crippen molar-refractivity contribution in [2.75, 3.05) is 13.7 Å². The molecule has 3 heteroatoms. The normalized spacial score (nSPS) is 20.0. The van der Waals surface area contributed by atoms with E-state index in [1.54, 1.807) is 7.11 Å². The van der Waals surface area contributed by atoms with Crippen molar-refractivity contribution >= 4 is 11.4 Å². The topological polar surface area (TPSA) is 35.5 Å². The Bertz CT molecular complexity index is 787. The molecule has 1 saturated heterocycles. The Hall–Kier alpha value is -2.39. The van der Waals surface area contributed by atoms with Crippen LogP contribution in [0.25, 0.3) is 5.57 Å². The molecule has 0 N–H and O–H groups in total. The zero-order chi connectivity index (χ0) is 15.8. The lowest BCUT2D eigenvalue weighted by Crippen LogP contribution is -2.33. The van der Waals surface area contributed by atoms with Crippen LogP contribution in [0, 0.1) is 0 Å². The Morgan fingerprint density at radius 2 is 1.87 bits per heavy atom. The van der Waals surface area contributed by atoms with Gasteiger partial charge in [-0.1, -0.05) is 36.4 Å². The number of rotatable bonds is 2. The van der Waals surface area contributed by atoms with Gasteiger partial charge in [-0.3, -0.25) is 4.79 Å². The number of ether oxygens (including phenoxy) is 2. The maximum absolute atomic E-state index is 11.9. The van der Waals surface area contributed by atoms with Crippen LogP contribution in [-0.4, -0.2) is 25.6 Å². The zero-order valence-corrected chi connectivity index (χ0v) is 13.0. The van der Waals surface area contributed by atoms with Crippen LogP contribution in [-0.2, 0) is 16.0 Å². The van der Waals surface area contributed by atoms with E-state index in [0.717, 1.165) is 28.9 Å². The molecular weight excluding hydrogens is 288 g/mol. The van der Waals surface area contributed by atoms with Crippen molar-refractivity contribution in [2.24, 2.45) is 0 Å². The number of carbonyl (C=O) groups excluding carboxylic acids is 1. The van der Waals surface area contributed by atoms with Gasteiger partial charge in [-0.2, -0.15) is 0 Å². The monoisotopic (exact) mass is 306 g/mol. The summed E-state index contributed by atoms with van der Waals surface area (Å²) in [6, 6.07) is 16.4. The molecule has 2 aromatic rings. The van der Waals surface area contributed by atoms with E-state index in [9.17, 15) is 4.79 Å². The van der Waals surface area contributed by atoms with Crippen molar-refractivity contribution in [3.63, 3.8) is 0 Å². The van der Waals surface area contributed by atoms with Gasteiger partial charge in [-0.25, -0.2) is 0 Å². The first-order valence-electron chi connectivity index (χ1n) is 7.85. The summed E-state index contributed by atoms with van der Waals surface area (Å²) in [5.41, 5.74) is 5.86. The van der Waals surface area contributed by atoms with Gasteiger partial charge >= 0.3 is 0 Å². The fraction of sp³-hybridized carbons (Fsp3) is 0.250. The number of hydrogen-bond acceptors (Lipinski definition) is 3. The molecule has 1 atom stereocenters. The summed E-state index contributed by atoms with van der Waals surface area (Å²) < 4.78 is 11.1. The Labute approximate surface area is 135 Å². The van der Waals surface area contributed by atoms with Crippen molar-refractivity contribution in [2.45, 2.75) is 18.9 Å². The number of Topliss-reactive ketones (excluding diaryl/α,β-unsaturated/α-hetero) is 1. The largest absolute Gasteiger partial charge is 0.497 e. The molecular formula is C20H18O3. The summed E-state index contributed by atoms with van der Waals surface area (Å²) >= 11 is 0. The van der Waals surface area contributed by atoms with E-state index in [0.29, 0.717) is 6.42 Å². The molecule has 116 valence electrons. The van der Waals surface area contributed by atoms with Crippen molar-refractivity contribution in [1.29, 1.82) is 0 Å². The van der Waals surface area contributed by atoms with E-state index in [1.165, 1.54) is 11.1 Å². The minimum absolute atomic E-state index is 0.0136. The van der Waals surface area contributed by atoms with E-state index < -0.39 is 0 Å². The predicted molar refractivity (Wildman–Crippen MR) is 88.5 cm³/mol. The Balaban J connectivity index is 1.90. The maximum atomic E-state index is 11.9. The number of hydrogen-bond donors (Lipinski definition) is 0. The van der Waals surface area contributed by atoms with Crippen LogP contribution in [0.4, 0.5) is 0 Å². The third kappa shape index (κ3) is 2.47. The molecule has 0 spiro atoms. The van der Waals surface area contributed by atoms with Gasteiger partial charge in [0.2, 0.25) is 0 Å². The lowest BCUT2D eigenvalue weighted by atomic mass is 9.78. The summed E-state index contributed by atoms with van der Waals surface area (Å²) in [6.07, 6.45) is 1.35. The van der Waals surface area contributed by atoms with Crippen LogP contribution < -0.4 is 4.74 Å². The number of fused-ring (bicyclic) bond motifs is 2. The molecule has 0 aromatic heterocycles. The van der Waals surface area contributed by atoms with Gasteiger partial charge in [0.1, 0.15) is 12.4 Å². The molecule has 23 heavy (non-hydrogen) atoms. The molecule has 0 amide bonds. The van der Waals surface area contributed by atoms with Crippen molar-refractivity contribution in [3.05, 3.63) is 70.8 Å². The average Bonchev–Trinajstić information content (AvgIpc) is 2.60. The lowest BCUT2D eigenvalue weighted by molar-refractivity contribution is -0.127. The van der Waals surface area contributed by atoms with Crippen molar-refractivity contribution < 1.29 is 14.3 Å². The minimum atomic E-state index is 0.0136. The van der Waals surface area contributed by atoms with Gasteiger partial charge in [0, 0.05) is 12.8 Å². The van der Waals surface area contributed by atoms with Crippen LogP contribution in [0.15, 0.2) is 54.1 Å². The highest BCUT2D eigenvalue weighted by Gasteiger charge is 2.33. The van der Waals surface area contributed by atoms with Crippen LogP contribution in [0.5, 0.6) is 5.75 Å². The summed E-state index contributed by atoms with van der Waals surface area (Å²) in [5, 5.41) is 0. The van der Waals surface area contributed by atoms with Crippen molar-refractivity contribution in [1.82, 2.24) is 0 Å². The number of carbonyl (C=O) groups is 1. The van der Waals surface area contributed by atoms with Gasteiger partial charge in [0.15, 0.2) is 5.78 Å². The smallest absolute Gasteiger partial charge is 0.162 e. The van der Waals surface area contributed by atoms with Crippen LogP contribution >= 0.6 is 0 Å². The van der Waals surface area contributed by atoms with Gasteiger partial charge in [-0.05, 0) is 40.0 Å². The summed E-state index contributed by atoms with van der Waals surface area (Å²) in [7, 11) is 1.66. The highest BCUT2D eigenvalue weighted by molar-refractivity contribution is 5.92. The van der Waals surface area contributed by atoms with E-state index in [-0.39, 0.29) is 18.5 Å². The summed E-state index contributed by atoms with van der Waals surface area (Å²) in [6.45, 7) is 0.228. The SMILES string of the molecule is COc1ccc(C2=C3CC(=O)COC3Cc3ccccc32)cc1. The molecule has 1 aliphatic carbocycles. The first-order chi connectivity index (χ1) is 11.3. The van der Waals surface area contributed by atoms with E-state index in [4.69, 9.17) is 9.47 Å². The van der Waals surface area contributed by atoms with E-state index >= 15 is 0 Å². The molecule has 0 bridgehead atoms. The molecule has 1 heterocycles. The first-order valence-corrected chi connectivity index (χ1v) is 7.85. The summed E-state index contributed by atoms with van der Waals surface area (Å²) in [5.74, 6) is 0.984. The minimum Gasteiger partial charge on any atom is -0.497 e. The Morgan fingerprint density at radius 1 is 1.09 bits per heavy atom. The van der Waals surface area contributed by atoms with Crippen LogP contribution in [0.3, 0.4) is 0 Å². The number of ketones is 1. The highest BCUT2D eigenvalue weighted by atomic mass is 16.5. The zero-order valence-electron chi connectivity index (χ0n) is 13.0. The van der Waals surface area contributed by atoms with Gasteiger partial charge in [0.25, 0.3) is 0 Å². The molecule has 0 radical (unpaired) electrons. The van der Waals surface area contributed by atoms with E-state index in [1.807, 2.05) is 12.1 Å². The Morgan fingerprint density at radius 3 is 2.65 bits per heavy atom. The predicted octanol–water partition coefficient (Wildman–Crippen LogP) is 3.41. The van der Waals surface area contributed by atoms with Gasteiger partial charge < -0.3 is 9.47 Å². The number of methoxy groups -OCH3 is 1. The molecule has 2 aromatic carbocycles. The van der Waals surface area contributed by atoms with E-state index in [2.05, 4.69) is 36.4 Å². The third-order valence-corrected chi connectivity index (χ3v) is 4.61. The fourth-order valence-electron chi connectivity index (χ4n) is 3.52.